The fraction of sp³-hybridized carbons (Fsp3) is 0.529. The Balaban J connectivity index is 1.58. The Kier molecular flexibility index (Phi) is 8.00. The highest BCUT2D eigenvalue weighted by molar-refractivity contribution is 5.74. The quantitative estimate of drug-likeness (QED) is 0.327. The van der Waals surface area contributed by atoms with Crippen LogP contribution in [0.3, 0.4) is 0 Å². The average molecular weight is 349 g/mol. The molecular weight excluding hydrogens is 322 g/mol. The standard InChI is InChI=1S/C17H27N5O3/c18-15-1-3-16(4-2-15)21-8-10-22(11-9-21)17(24)20-6-5-19-7-13-25-14-12-23/h1-4,12,19H,5-11,13-14,18H2,(H,20,24). The van der Waals surface area contributed by atoms with Gasteiger partial charge in [-0.3, -0.25) is 0 Å². The fourth-order valence-electron chi connectivity index (χ4n) is 2.62. The van der Waals surface area contributed by atoms with Gasteiger partial charge in [0.15, 0.2) is 0 Å². The van der Waals surface area contributed by atoms with Gasteiger partial charge in [-0.2, -0.15) is 0 Å². The number of nitrogens with one attached hydrogen (secondary N) is 2. The first-order chi connectivity index (χ1) is 12.2. The topological polar surface area (TPSA) is 99.9 Å². The molecule has 1 aromatic carbocycles. The first kappa shape index (κ1) is 19.0. The minimum Gasteiger partial charge on any atom is -0.399 e. The smallest absolute Gasteiger partial charge is 0.317 e. The Morgan fingerprint density at radius 1 is 1.12 bits per heavy atom. The molecule has 0 bridgehead atoms. The molecule has 1 aliphatic heterocycles. The lowest BCUT2D eigenvalue weighted by Gasteiger charge is -2.36. The van der Waals surface area contributed by atoms with Gasteiger partial charge in [0, 0.05) is 57.2 Å². The lowest BCUT2D eigenvalue weighted by molar-refractivity contribution is -0.111. The van der Waals surface area contributed by atoms with Crippen LogP contribution in [0.15, 0.2) is 24.3 Å². The number of piperazine rings is 1. The summed E-state index contributed by atoms with van der Waals surface area (Å²) in [5.74, 6) is 0. The zero-order valence-corrected chi connectivity index (χ0v) is 14.4. The number of nitrogens with zero attached hydrogens (tertiary/aromatic N) is 2. The summed E-state index contributed by atoms with van der Waals surface area (Å²) in [6.45, 7) is 5.51. The van der Waals surface area contributed by atoms with E-state index in [1.54, 1.807) is 0 Å². The second-order valence-electron chi connectivity index (χ2n) is 5.79. The highest BCUT2D eigenvalue weighted by atomic mass is 16.5. The summed E-state index contributed by atoms with van der Waals surface area (Å²) in [7, 11) is 0. The number of hydrogen-bond donors (Lipinski definition) is 3. The van der Waals surface area contributed by atoms with Gasteiger partial charge in [-0.05, 0) is 24.3 Å². The van der Waals surface area contributed by atoms with Gasteiger partial charge >= 0.3 is 6.03 Å². The van der Waals surface area contributed by atoms with E-state index in [0.717, 1.165) is 30.8 Å². The predicted octanol–water partition coefficient (Wildman–Crippen LogP) is -0.0945. The second kappa shape index (κ2) is 10.5. The monoisotopic (exact) mass is 349 g/mol. The number of anilines is 2. The molecule has 1 heterocycles. The van der Waals surface area contributed by atoms with Crippen LogP contribution in [0.25, 0.3) is 0 Å². The molecule has 8 heteroatoms. The summed E-state index contributed by atoms with van der Waals surface area (Å²) >= 11 is 0. The molecule has 0 unspecified atom stereocenters. The number of nitrogen functional groups attached to an aromatic ring is 1. The van der Waals surface area contributed by atoms with Gasteiger partial charge in [-0.25, -0.2) is 4.79 Å². The van der Waals surface area contributed by atoms with E-state index in [0.29, 0.717) is 39.3 Å². The number of ether oxygens (including phenoxy) is 1. The molecule has 0 atom stereocenters. The normalized spacial score (nSPS) is 14.4. The van der Waals surface area contributed by atoms with Crippen LogP contribution in [0, 0.1) is 0 Å². The molecule has 4 N–H and O–H groups in total. The molecule has 2 rings (SSSR count). The van der Waals surface area contributed by atoms with Crippen LogP contribution >= 0.6 is 0 Å². The van der Waals surface area contributed by atoms with E-state index in [4.69, 9.17) is 10.5 Å². The van der Waals surface area contributed by atoms with Crippen molar-refractivity contribution in [3.05, 3.63) is 24.3 Å². The Bertz CT molecular complexity index is 530. The Morgan fingerprint density at radius 2 is 1.84 bits per heavy atom. The van der Waals surface area contributed by atoms with Crippen LogP contribution in [0.1, 0.15) is 0 Å². The van der Waals surface area contributed by atoms with Crippen molar-refractivity contribution < 1.29 is 14.3 Å². The average Bonchev–Trinajstić information content (AvgIpc) is 2.64. The molecule has 2 amide bonds. The zero-order valence-electron chi connectivity index (χ0n) is 14.4. The largest absolute Gasteiger partial charge is 0.399 e. The molecule has 0 saturated carbocycles. The Morgan fingerprint density at radius 3 is 2.52 bits per heavy atom. The van der Waals surface area contributed by atoms with Crippen molar-refractivity contribution >= 4 is 23.7 Å². The zero-order chi connectivity index (χ0) is 17.9. The van der Waals surface area contributed by atoms with Crippen LogP contribution in [0.5, 0.6) is 0 Å². The van der Waals surface area contributed by atoms with E-state index in [-0.39, 0.29) is 12.6 Å². The van der Waals surface area contributed by atoms with Crippen LogP contribution in [-0.2, 0) is 9.53 Å². The molecular formula is C17H27N5O3. The molecule has 0 radical (unpaired) electrons. The molecule has 0 aliphatic carbocycles. The number of amides is 2. The third-order valence-corrected chi connectivity index (χ3v) is 4.01. The molecule has 1 aliphatic rings. The highest BCUT2D eigenvalue weighted by Gasteiger charge is 2.20. The number of aldehydes is 1. The van der Waals surface area contributed by atoms with Gasteiger partial charge in [-0.15, -0.1) is 0 Å². The summed E-state index contributed by atoms with van der Waals surface area (Å²) < 4.78 is 5.02. The Labute approximate surface area is 148 Å². The lowest BCUT2D eigenvalue weighted by atomic mass is 10.2. The van der Waals surface area contributed by atoms with Crippen molar-refractivity contribution in [3.8, 4) is 0 Å². The van der Waals surface area contributed by atoms with E-state index in [1.807, 2.05) is 29.2 Å². The maximum atomic E-state index is 12.1. The van der Waals surface area contributed by atoms with Crippen molar-refractivity contribution in [2.24, 2.45) is 0 Å². The number of carbonyl (C=O) groups is 2. The van der Waals surface area contributed by atoms with Gasteiger partial charge in [0.1, 0.15) is 12.9 Å². The molecule has 0 aromatic heterocycles. The summed E-state index contributed by atoms with van der Waals surface area (Å²) in [4.78, 5) is 26.3. The first-order valence-corrected chi connectivity index (χ1v) is 8.56. The summed E-state index contributed by atoms with van der Waals surface area (Å²) in [5, 5.41) is 6.05. The number of urea groups is 1. The fourth-order valence-corrected chi connectivity index (χ4v) is 2.62. The third kappa shape index (κ3) is 6.60. The minimum absolute atomic E-state index is 0.0315. The number of nitrogens with two attached hydrogens (primary N) is 1. The van der Waals surface area contributed by atoms with E-state index >= 15 is 0 Å². The van der Waals surface area contributed by atoms with Crippen molar-refractivity contribution in [2.45, 2.75) is 0 Å². The van der Waals surface area contributed by atoms with Crippen molar-refractivity contribution in [2.75, 3.05) is 69.7 Å². The highest BCUT2D eigenvalue weighted by Crippen LogP contribution is 2.18. The SMILES string of the molecule is Nc1ccc(N2CCN(C(=O)NCCNCCOCC=O)CC2)cc1. The van der Waals surface area contributed by atoms with Gasteiger partial charge in [-0.1, -0.05) is 0 Å². The number of hydrogen-bond acceptors (Lipinski definition) is 6. The molecule has 138 valence electrons. The van der Waals surface area contributed by atoms with Crippen LogP contribution in [0.2, 0.25) is 0 Å². The maximum Gasteiger partial charge on any atom is 0.317 e. The third-order valence-electron chi connectivity index (χ3n) is 4.01. The molecule has 8 nitrogen and oxygen atoms in total. The molecule has 1 saturated heterocycles. The molecule has 1 aromatic rings. The number of rotatable bonds is 9. The van der Waals surface area contributed by atoms with Gasteiger partial charge in [0.25, 0.3) is 0 Å². The number of carbonyl (C=O) groups excluding carboxylic acids is 2. The van der Waals surface area contributed by atoms with Crippen LogP contribution in [0.4, 0.5) is 16.2 Å². The second-order valence-corrected chi connectivity index (χ2v) is 5.79. The van der Waals surface area contributed by atoms with Crippen molar-refractivity contribution in [1.82, 2.24) is 15.5 Å². The first-order valence-electron chi connectivity index (χ1n) is 8.56. The summed E-state index contributed by atoms with van der Waals surface area (Å²) in [6.07, 6.45) is 0.729. The molecule has 0 spiro atoms. The van der Waals surface area contributed by atoms with Gasteiger partial charge < -0.3 is 35.7 Å². The van der Waals surface area contributed by atoms with E-state index in [9.17, 15) is 9.59 Å². The van der Waals surface area contributed by atoms with Crippen LogP contribution in [-0.4, -0.2) is 76.2 Å². The Hall–Kier alpha value is -2.32. The number of benzene rings is 1. The van der Waals surface area contributed by atoms with Gasteiger partial charge in [0.05, 0.1) is 6.61 Å². The predicted molar refractivity (Wildman–Crippen MR) is 97.8 cm³/mol. The summed E-state index contributed by atoms with van der Waals surface area (Å²) in [5.41, 5.74) is 7.60. The molecule has 25 heavy (non-hydrogen) atoms. The minimum atomic E-state index is -0.0315. The van der Waals surface area contributed by atoms with E-state index in [2.05, 4.69) is 15.5 Å². The van der Waals surface area contributed by atoms with E-state index in [1.165, 1.54) is 0 Å². The maximum absolute atomic E-state index is 12.1. The van der Waals surface area contributed by atoms with Crippen molar-refractivity contribution in [1.29, 1.82) is 0 Å². The van der Waals surface area contributed by atoms with Gasteiger partial charge in [0.2, 0.25) is 0 Å². The van der Waals surface area contributed by atoms with E-state index < -0.39 is 0 Å². The van der Waals surface area contributed by atoms with Crippen molar-refractivity contribution in [3.63, 3.8) is 0 Å². The summed E-state index contributed by atoms with van der Waals surface area (Å²) in [6, 6.07) is 7.78. The lowest BCUT2D eigenvalue weighted by Crippen LogP contribution is -2.52. The molecule has 1 fully saturated rings. The van der Waals surface area contributed by atoms with Crippen LogP contribution < -0.4 is 21.3 Å².